The van der Waals surface area contributed by atoms with Gasteiger partial charge in [0.05, 0.1) is 0 Å². The Morgan fingerprint density at radius 3 is 2.81 bits per heavy atom. The highest BCUT2D eigenvalue weighted by Gasteiger charge is 2.26. The van der Waals surface area contributed by atoms with E-state index in [1.165, 1.54) is 29.8 Å². The van der Waals surface area contributed by atoms with E-state index in [9.17, 15) is 0 Å². The van der Waals surface area contributed by atoms with Crippen molar-refractivity contribution < 1.29 is 0 Å². The molecule has 1 aromatic carbocycles. The van der Waals surface area contributed by atoms with Gasteiger partial charge in [0.2, 0.25) is 0 Å². The average Bonchev–Trinajstić information content (AvgIpc) is 3.31. The standard InChI is InChI=1S/C17H20N4/c1-18-16-10-14(11-3-4-11)19-17(20-16)13-5-6-15-12(9-13)7-8-21(15)2/h5-6,9-11H,3-4,7-8H2,1-2H3,(H,18,19,20). The first-order chi connectivity index (χ1) is 10.2. The molecule has 108 valence electrons. The van der Waals surface area contributed by atoms with Gasteiger partial charge in [-0.1, -0.05) is 0 Å². The van der Waals surface area contributed by atoms with Gasteiger partial charge in [0.15, 0.2) is 5.82 Å². The molecule has 0 bridgehead atoms. The van der Waals surface area contributed by atoms with Gasteiger partial charge in [0.1, 0.15) is 5.82 Å². The van der Waals surface area contributed by atoms with Crippen LogP contribution in [-0.2, 0) is 6.42 Å². The fourth-order valence-electron chi connectivity index (χ4n) is 3.02. The Morgan fingerprint density at radius 2 is 2.05 bits per heavy atom. The molecule has 21 heavy (non-hydrogen) atoms. The van der Waals surface area contributed by atoms with Crippen LogP contribution in [0.3, 0.4) is 0 Å². The van der Waals surface area contributed by atoms with Gasteiger partial charge in [-0.05, 0) is 43.0 Å². The van der Waals surface area contributed by atoms with E-state index in [2.05, 4.69) is 46.5 Å². The summed E-state index contributed by atoms with van der Waals surface area (Å²) in [6, 6.07) is 8.68. The maximum Gasteiger partial charge on any atom is 0.161 e. The van der Waals surface area contributed by atoms with E-state index in [0.29, 0.717) is 5.92 Å². The molecule has 0 unspecified atom stereocenters. The van der Waals surface area contributed by atoms with Gasteiger partial charge in [-0.2, -0.15) is 0 Å². The van der Waals surface area contributed by atoms with Gasteiger partial charge in [0.25, 0.3) is 0 Å². The van der Waals surface area contributed by atoms with Crippen molar-refractivity contribution in [2.45, 2.75) is 25.2 Å². The maximum atomic E-state index is 4.79. The van der Waals surface area contributed by atoms with Crippen LogP contribution < -0.4 is 10.2 Å². The third-order valence-corrected chi connectivity index (χ3v) is 4.46. The van der Waals surface area contributed by atoms with Crippen LogP contribution in [0.1, 0.15) is 30.0 Å². The predicted molar refractivity (Wildman–Crippen MR) is 86.0 cm³/mol. The summed E-state index contributed by atoms with van der Waals surface area (Å²) < 4.78 is 0. The number of likely N-dealkylation sites (N-methyl/N-ethyl adjacent to an activating group) is 1. The summed E-state index contributed by atoms with van der Waals surface area (Å²) in [7, 11) is 4.06. The summed E-state index contributed by atoms with van der Waals surface area (Å²) in [5.41, 5.74) is 5.05. The van der Waals surface area contributed by atoms with Gasteiger partial charge in [-0.15, -0.1) is 0 Å². The second-order valence-corrected chi connectivity index (χ2v) is 6.04. The average molecular weight is 280 g/mol. The monoisotopic (exact) mass is 280 g/mol. The molecule has 4 heteroatoms. The molecule has 2 aliphatic rings. The third-order valence-electron chi connectivity index (χ3n) is 4.46. The number of nitrogens with one attached hydrogen (secondary N) is 1. The van der Waals surface area contributed by atoms with Crippen LogP contribution in [0, 0.1) is 0 Å². The zero-order valence-corrected chi connectivity index (χ0v) is 12.6. The molecule has 1 aromatic heterocycles. The Bertz CT molecular complexity index is 691. The molecule has 4 nitrogen and oxygen atoms in total. The summed E-state index contributed by atoms with van der Waals surface area (Å²) >= 11 is 0. The quantitative estimate of drug-likeness (QED) is 0.938. The molecule has 4 rings (SSSR count). The molecule has 0 atom stereocenters. The first-order valence-corrected chi connectivity index (χ1v) is 7.66. The summed E-state index contributed by atoms with van der Waals surface area (Å²) in [5.74, 6) is 2.40. The molecule has 1 aliphatic heterocycles. The van der Waals surface area contributed by atoms with Crippen LogP contribution in [0.2, 0.25) is 0 Å². The van der Waals surface area contributed by atoms with Crippen molar-refractivity contribution in [1.82, 2.24) is 9.97 Å². The summed E-state index contributed by atoms with van der Waals surface area (Å²) in [5, 5.41) is 3.16. The molecular weight excluding hydrogens is 260 g/mol. The smallest absolute Gasteiger partial charge is 0.161 e. The molecule has 1 aliphatic carbocycles. The van der Waals surface area contributed by atoms with Gasteiger partial charge in [0, 0.05) is 49.6 Å². The Labute approximate surface area is 125 Å². The zero-order chi connectivity index (χ0) is 14.4. The molecule has 0 radical (unpaired) electrons. The number of fused-ring (bicyclic) bond motifs is 1. The van der Waals surface area contributed by atoms with Crippen LogP contribution in [0.15, 0.2) is 24.3 Å². The van der Waals surface area contributed by atoms with Crippen molar-refractivity contribution in [3.8, 4) is 11.4 Å². The molecule has 0 spiro atoms. The summed E-state index contributed by atoms with van der Waals surface area (Å²) in [6.45, 7) is 1.10. The Balaban J connectivity index is 1.77. The highest BCUT2D eigenvalue weighted by atomic mass is 15.1. The van der Waals surface area contributed by atoms with Crippen molar-refractivity contribution in [3.05, 3.63) is 35.5 Å². The highest BCUT2D eigenvalue weighted by molar-refractivity contribution is 5.67. The van der Waals surface area contributed by atoms with Crippen molar-refractivity contribution in [1.29, 1.82) is 0 Å². The number of benzene rings is 1. The largest absolute Gasteiger partial charge is 0.374 e. The van der Waals surface area contributed by atoms with E-state index in [0.717, 1.165) is 30.2 Å². The van der Waals surface area contributed by atoms with Gasteiger partial charge in [-0.3, -0.25) is 0 Å². The van der Waals surface area contributed by atoms with E-state index in [1.54, 1.807) is 0 Å². The first kappa shape index (κ1) is 12.6. The van der Waals surface area contributed by atoms with Gasteiger partial charge < -0.3 is 10.2 Å². The fraction of sp³-hybridized carbons (Fsp3) is 0.412. The second-order valence-electron chi connectivity index (χ2n) is 6.04. The number of aromatic nitrogens is 2. The molecule has 0 amide bonds. The van der Waals surface area contributed by atoms with Crippen LogP contribution in [0.5, 0.6) is 0 Å². The van der Waals surface area contributed by atoms with Gasteiger partial charge in [-0.25, -0.2) is 9.97 Å². The molecule has 2 heterocycles. The highest BCUT2D eigenvalue weighted by Crippen LogP contribution is 2.40. The summed E-state index contributed by atoms with van der Waals surface area (Å²) in [6.07, 6.45) is 3.63. The van der Waals surface area contributed by atoms with E-state index >= 15 is 0 Å². The lowest BCUT2D eigenvalue weighted by Gasteiger charge is -2.12. The van der Waals surface area contributed by atoms with E-state index in [4.69, 9.17) is 4.98 Å². The maximum absolute atomic E-state index is 4.79. The molecule has 1 N–H and O–H groups in total. The van der Waals surface area contributed by atoms with E-state index < -0.39 is 0 Å². The Morgan fingerprint density at radius 1 is 1.19 bits per heavy atom. The van der Waals surface area contributed by atoms with Crippen molar-refractivity contribution >= 4 is 11.5 Å². The number of nitrogens with zero attached hydrogens (tertiary/aromatic N) is 3. The Hall–Kier alpha value is -2.10. The lowest BCUT2D eigenvalue weighted by atomic mass is 10.1. The number of anilines is 2. The van der Waals surface area contributed by atoms with Crippen LogP contribution >= 0.6 is 0 Å². The fourth-order valence-corrected chi connectivity index (χ4v) is 3.02. The van der Waals surface area contributed by atoms with Crippen molar-refractivity contribution in [3.63, 3.8) is 0 Å². The second kappa shape index (κ2) is 4.72. The van der Waals surface area contributed by atoms with Gasteiger partial charge >= 0.3 is 0 Å². The zero-order valence-electron chi connectivity index (χ0n) is 12.6. The topological polar surface area (TPSA) is 41.1 Å². The molecule has 2 aromatic rings. The third kappa shape index (κ3) is 2.24. The first-order valence-electron chi connectivity index (χ1n) is 7.66. The van der Waals surface area contributed by atoms with E-state index in [1.807, 2.05) is 7.05 Å². The van der Waals surface area contributed by atoms with Crippen molar-refractivity contribution in [2.24, 2.45) is 0 Å². The minimum atomic E-state index is 0.638. The number of hydrogen-bond donors (Lipinski definition) is 1. The Kier molecular flexibility index (Phi) is 2.84. The molecule has 1 saturated carbocycles. The number of rotatable bonds is 3. The predicted octanol–water partition coefficient (Wildman–Crippen LogP) is 3.06. The normalized spacial score (nSPS) is 17.0. The minimum absolute atomic E-state index is 0.638. The van der Waals surface area contributed by atoms with Crippen LogP contribution in [-0.4, -0.2) is 30.6 Å². The minimum Gasteiger partial charge on any atom is -0.374 e. The SMILES string of the molecule is CNc1cc(C2CC2)nc(-c2ccc3c(c2)CCN3C)n1. The van der Waals surface area contributed by atoms with Crippen LogP contribution in [0.4, 0.5) is 11.5 Å². The molecule has 1 fully saturated rings. The lowest BCUT2D eigenvalue weighted by molar-refractivity contribution is 0.956. The molecular formula is C17H20N4. The molecule has 0 saturated heterocycles. The van der Waals surface area contributed by atoms with Crippen LogP contribution in [0.25, 0.3) is 11.4 Å². The van der Waals surface area contributed by atoms with Crippen molar-refractivity contribution in [2.75, 3.05) is 30.9 Å². The lowest BCUT2D eigenvalue weighted by Crippen LogP contribution is -2.12. The number of hydrogen-bond acceptors (Lipinski definition) is 4. The summed E-state index contributed by atoms with van der Waals surface area (Å²) in [4.78, 5) is 11.7. The van der Waals surface area contributed by atoms with E-state index in [-0.39, 0.29) is 0 Å².